The fourth-order valence-corrected chi connectivity index (χ4v) is 2.12. The van der Waals surface area contributed by atoms with E-state index >= 15 is 0 Å². The third kappa shape index (κ3) is 3.90. The van der Waals surface area contributed by atoms with E-state index in [0.717, 1.165) is 48.3 Å². The summed E-state index contributed by atoms with van der Waals surface area (Å²) in [5, 5.41) is 14.1. The second-order valence-corrected chi connectivity index (χ2v) is 5.23. The quantitative estimate of drug-likeness (QED) is 0.784. The van der Waals surface area contributed by atoms with E-state index in [1.807, 2.05) is 19.1 Å². The van der Waals surface area contributed by atoms with Crippen LogP contribution in [0.4, 0.5) is 5.82 Å². The first kappa shape index (κ1) is 14.7. The third-order valence-corrected chi connectivity index (χ3v) is 3.19. The molecule has 108 valence electrons. The number of aromatic nitrogens is 2. The highest BCUT2D eigenvalue weighted by Crippen LogP contribution is 2.22. The Morgan fingerprint density at radius 2 is 1.85 bits per heavy atom. The molecule has 0 spiro atoms. The van der Waals surface area contributed by atoms with Gasteiger partial charge in [-0.2, -0.15) is 5.10 Å². The zero-order valence-electron chi connectivity index (χ0n) is 12.5. The second kappa shape index (κ2) is 7.20. The van der Waals surface area contributed by atoms with Crippen molar-refractivity contribution in [1.29, 1.82) is 0 Å². The molecule has 1 N–H and O–H groups in total. The van der Waals surface area contributed by atoms with Crippen LogP contribution in [0, 0.1) is 6.92 Å². The predicted octanol–water partition coefficient (Wildman–Crippen LogP) is 3.56. The number of nitrogens with one attached hydrogen (secondary N) is 1. The number of benzene rings is 1. The summed E-state index contributed by atoms with van der Waals surface area (Å²) in [6.07, 6.45) is 2.44. The van der Waals surface area contributed by atoms with Crippen LogP contribution in [-0.2, 0) is 4.74 Å². The predicted molar refractivity (Wildman–Crippen MR) is 83.1 cm³/mol. The molecule has 0 radical (unpaired) electrons. The Morgan fingerprint density at radius 1 is 1.10 bits per heavy atom. The number of unbranched alkanes of at least 4 members (excludes halogenated alkanes) is 1. The van der Waals surface area contributed by atoms with Crippen molar-refractivity contribution >= 4 is 16.6 Å². The van der Waals surface area contributed by atoms with Gasteiger partial charge in [-0.05, 0) is 33.6 Å². The molecular formula is C16H23N3O. The molecule has 4 heteroatoms. The number of rotatable bonds is 7. The molecule has 20 heavy (non-hydrogen) atoms. The van der Waals surface area contributed by atoms with Gasteiger partial charge in [0.05, 0.1) is 11.8 Å². The van der Waals surface area contributed by atoms with Crippen LogP contribution in [0.2, 0.25) is 0 Å². The molecule has 1 aromatic heterocycles. The average Bonchev–Trinajstić information content (AvgIpc) is 2.45. The molecule has 0 aliphatic rings. The Morgan fingerprint density at radius 3 is 2.60 bits per heavy atom. The minimum absolute atomic E-state index is 0.315. The molecule has 1 heterocycles. The fourth-order valence-electron chi connectivity index (χ4n) is 2.12. The molecule has 1 aromatic carbocycles. The van der Waals surface area contributed by atoms with Gasteiger partial charge in [0, 0.05) is 23.9 Å². The first-order chi connectivity index (χ1) is 9.68. The highest BCUT2D eigenvalue weighted by Gasteiger charge is 2.05. The molecule has 2 aromatic rings. The van der Waals surface area contributed by atoms with Gasteiger partial charge in [0.2, 0.25) is 0 Å². The maximum Gasteiger partial charge on any atom is 0.156 e. The molecule has 0 amide bonds. The van der Waals surface area contributed by atoms with Crippen LogP contribution < -0.4 is 5.32 Å². The van der Waals surface area contributed by atoms with Crippen molar-refractivity contribution in [2.24, 2.45) is 0 Å². The van der Waals surface area contributed by atoms with Crippen molar-refractivity contribution < 1.29 is 4.74 Å². The van der Waals surface area contributed by atoms with E-state index in [1.165, 1.54) is 0 Å². The molecule has 4 nitrogen and oxygen atoms in total. The van der Waals surface area contributed by atoms with E-state index in [9.17, 15) is 0 Å². The SMILES string of the molecule is Cc1nnc(NCCCCOC(C)C)c2ccccc12. The number of ether oxygens (including phenoxy) is 1. The lowest BCUT2D eigenvalue weighted by atomic mass is 10.1. The van der Waals surface area contributed by atoms with E-state index in [1.54, 1.807) is 0 Å². The molecule has 0 saturated carbocycles. The van der Waals surface area contributed by atoms with Crippen LogP contribution in [0.15, 0.2) is 24.3 Å². The minimum Gasteiger partial charge on any atom is -0.379 e. The molecule has 0 aliphatic heterocycles. The zero-order chi connectivity index (χ0) is 14.4. The maximum absolute atomic E-state index is 5.52. The highest BCUT2D eigenvalue weighted by molar-refractivity contribution is 5.92. The number of aryl methyl sites for hydroxylation is 1. The molecular weight excluding hydrogens is 250 g/mol. The molecule has 0 saturated heterocycles. The summed E-state index contributed by atoms with van der Waals surface area (Å²) in [5.41, 5.74) is 0.969. The number of fused-ring (bicyclic) bond motifs is 1. The summed E-state index contributed by atoms with van der Waals surface area (Å²) in [5.74, 6) is 0.871. The molecule has 0 aliphatic carbocycles. The average molecular weight is 273 g/mol. The number of hydrogen-bond acceptors (Lipinski definition) is 4. The first-order valence-corrected chi connectivity index (χ1v) is 7.26. The minimum atomic E-state index is 0.315. The number of anilines is 1. The van der Waals surface area contributed by atoms with Crippen molar-refractivity contribution in [1.82, 2.24) is 10.2 Å². The van der Waals surface area contributed by atoms with Gasteiger partial charge in [-0.15, -0.1) is 5.10 Å². The van der Waals surface area contributed by atoms with Crippen molar-refractivity contribution in [3.63, 3.8) is 0 Å². The van der Waals surface area contributed by atoms with E-state index in [2.05, 4.69) is 41.5 Å². The van der Waals surface area contributed by atoms with Crippen LogP contribution in [0.3, 0.4) is 0 Å². The van der Waals surface area contributed by atoms with Crippen LogP contribution in [0.25, 0.3) is 10.8 Å². The number of nitrogens with zero attached hydrogens (tertiary/aromatic N) is 2. The monoisotopic (exact) mass is 273 g/mol. The lowest BCUT2D eigenvalue weighted by Crippen LogP contribution is -2.08. The lowest BCUT2D eigenvalue weighted by Gasteiger charge is -2.10. The molecule has 0 atom stereocenters. The Labute approximate surface area is 120 Å². The van der Waals surface area contributed by atoms with E-state index in [-0.39, 0.29) is 0 Å². The third-order valence-electron chi connectivity index (χ3n) is 3.19. The normalized spacial score (nSPS) is 11.2. The van der Waals surface area contributed by atoms with Gasteiger partial charge in [0.15, 0.2) is 5.82 Å². The topological polar surface area (TPSA) is 47.0 Å². The van der Waals surface area contributed by atoms with E-state index < -0.39 is 0 Å². The summed E-state index contributed by atoms with van der Waals surface area (Å²) in [6.45, 7) is 7.82. The maximum atomic E-state index is 5.52. The highest BCUT2D eigenvalue weighted by atomic mass is 16.5. The number of hydrogen-bond donors (Lipinski definition) is 1. The summed E-state index contributed by atoms with van der Waals surface area (Å²) >= 11 is 0. The summed E-state index contributed by atoms with van der Waals surface area (Å²) in [7, 11) is 0. The molecule has 0 unspecified atom stereocenters. The van der Waals surface area contributed by atoms with Crippen LogP contribution in [0.5, 0.6) is 0 Å². The standard InChI is InChI=1S/C16H23N3O/c1-12(2)20-11-7-6-10-17-16-15-9-5-4-8-14(15)13(3)18-19-16/h4-5,8-9,12H,6-7,10-11H2,1-3H3,(H,17,19). The van der Waals surface area contributed by atoms with E-state index in [0.29, 0.717) is 6.10 Å². The molecule has 0 bridgehead atoms. The Hall–Kier alpha value is -1.68. The van der Waals surface area contributed by atoms with Gasteiger partial charge >= 0.3 is 0 Å². The Balaban J connectivity index is 1.89. The van der Waals surface area contributed by atoms with E-state index in [4.69, 9.17) is 4.74 Å². The van der Waals surface area contributed by atoms with Crippen LogP contribution >= 0.6 is 0 Å². The zero-order valence-corrected chi connectivity index (χ0v) is 12.5. The van der Waals surface area contributed by atoms with Crippen LogP contribution in [-0.4, -0.2) is 29.5 Å². The largest absolute Gasteiger partial charge is 0.379 e. The van der Waals surface area contributed by atoms with Crippen molar-refractivity contribution in [2.75, 3.05) is 18.5 Å². The molecule has 2 rings (SSSR count). The van der Waals surface area contributed by atoms with Crippen molar-refractivity contribution in [2.45, 2.75) is 39.7 Å². The van der Waals surface area contributed by atoms with Gasteiger partial charge in [-0.25, -0.2) is 0 Å². The van der Waals surface area contributed by atoms with Gasteiger partial charge in [0.1, 0.15) is 0 Å². The van der Waals surface area contributed by atoms with Crippen molar-refractivity contribution in [3.05, 3.63) is 30.0 Å². The Kier molecular flexibility index (Phi) is 5.30. The lowest BCUT2D eigenvalue weighted by molar-refractivity contribution is 0.0765. The van der Waals surface area contributed by atoms with Gasteiger partial charge in [0.25, 0.3) is 0 Å². The van der Waals surface area contributed by atoms with Gasteiger partial charge in [-0.3, -0.25) is 0 Å². The Bertz CT molecular complexity index is 554. The fraction of sp³-hybridized carbons (Fsp3) is 0.500. The van der Waals surface area contributed by atoms with Crippen molar-refractivity contribution in [3.8, 4) is 0 Å². The van der Waals surface area contributed by atoms with Gasteiger partial charge < -0.3 is 10.1 Å². The van der Waals surface area contributed by atoms with Crippen LogP contribution in [0.1, 0.15) is 32.4 Å². The summed E-state index contributed by atoms with van der Waals surface area (Å²) in [4.78, 5) is 0. The second-order valence-electron chi connectivity index (χ2n) is 5.23. The van der Waals surface area contributed by atoms with Gasteiger partial charge in [-0.1, -0.05) is 24.3 Å². The smallest absolute Gasteiger partial charge is 0.156 e. The summed E-state index contributed by atoms with van der Waals surface area (Å²) < 4.78 is 5.52. The summed E-state index contributed by atoms with van der Waals surface area (Å²) in [6, 6.07) is 8.23. The molecule has 0 fully saturated rings. The first-order valence-electron chi connectivity index (χ1n) is 7.26.